The summed E-state index contributed by atoms with van der Waals surface area (Å²) < 4.78 is 4.12. The smallest absolute Gasteiger partial charge is 1.00 e. The minimum atomic E-state index is -2.24. The van der Waals surface area contributed by atoms with Crippen LogP contribution in [0.4, 0.5) is 0 Å². The van der Waals surface area contributed by atoms with Gasteiger partial charge in [0.25, 0.3) is 0 Å². The van der Waals surface area contributed by atoms with Crippen molar-refractivity contribution in [2.24, 2.45) is 0 Å². The summed E-state index contributed by atoms with van der Waals surface area (Å²) in [5.74, 6) is 0. The van der Waals surface area contributed by atoms with Gasteiger partial charge in [-0.05, 0) is 0 Å². The van der Waals surface area contributed by atoms with E-state index in [1.54, 1.807) is 0 Å². The number of hydrogen-bond acceptors (Lipinski definition) is 0. The van der Waals surface area contributed by atoms with E-state index in [1.165, 1.54) is 10.7 Å². The molecule has 0 saturated heterocycles. The van der Waals surface area contributed by atoms with E-state index in [-0.39, 0.29) is 12.4 Å². The summed E-state index contributed by atoms with van der Waals surface area (Å²) in [5.41, 5.74) is 0. The van der Waals surface area contributed by atoms with E-state index in [0.717, 1.165) is 15.1 Å². The van der Waals surface area contributed by atoms with Crippen LogP contribution < -0.4 is 23.1 Å². The molecule has 0 N–H and O–H groups in total. The molecule has 0 heterocycles. The van der Waals surface area contributed by atoms with Crippen molar-refractivity contribution in [2.45, 2.75) is 0 Å². The average Bonchev–Trinajstić information content (AvgIpc) is 2.53. The van der Waals surface area contributed by atoms with Gasteiger partial charge in [0.05, 0.1) is 0 Å². The van der Waals surface area contributed by atoms with Crippen LogP contribution in [0.15, 0.2) is 72.8 Å². The molecule has 0 aromatic heterocycles. The summed E-state index contributed by atoms with van der Waals surface area (Å²) in [6, 6.07) is 24.6. The molecular formula is C18H12Cl4Sn. The van der Waals surface area contributed by atoms with Crippen molar-refractivity contribution in [3.8, 4) is 0 Å². The Morgan fingerprint density at radius 1 is 0.435 bits per heavy atom. The zero-order valence-electron chi connectivity index (χ0n) is 11.9. The zero-order chi connectivity index (χ0) is 15.5. The van der Waals surface area contributed by atoms with Crippen LogP contribution in [0.2, 0.25) is 15.1 Å². The molecule has 0 aliphatic rings. The fourth-order valence-electron chi connectivity index (χ4n) is 2.35. The van der Waals surface area contributed by atoms with Crippen LogP contribution in [0, 0.1) is 0 Å². The first-order valence-corrected chi connectivity index (χ1v) is 12.2. The molecule has 116 valence electrons. The van der Waals surface area contributed by atoms with Gasteiger partial charge in [-0.15, -0.1) is 0 Å². The molecule has 0 spiro atoms. The first-order chi connectivity index (χ1) is 10.6. The molecule has 5 heteroatoms. The second-order valence-electron chi connectivity index (χ2n) is 4.90. The molecule has 3 aromatic rings. The summed E-state index contributed by atoms with van der Waals surface area (Å²) >= 11 is 15.9. The summed E-state index contributed by atoms with van der Waals surface area (Å²) in [6.45, 7) is 0. The van der Waals surface area contributed by atoms with Crippen LogP contribution in [-0.2, 0) is 0 Å². The molecule has 0 nitrogen and oxygen atoms in total. The molecular weight excluding hydrogens is 477 g/mol. The molecule has 0 aliphatic carbocycles. The molecule has 0 atom stereocenters. The Labute approximate surface area is 164 Å². The van der Waals surface area contributed by atoms with Crippen molar-refractivity contribution < 1.29 is 12.4 Å². The fraction of sp³-hybridized carbons (Fsp3) is 0. The Kier molecular flexibility index (Phi) is 7.12. The van der Waals surface area contributed by atoms with E-state index in [4.69, 9.17) is 34.8 Å². The van der Waals surface area contributed by atoms with Crippen molar-refractivity contribution >= 4 is 65.3 Å². The van der Waals surface area contributed by atoms with E-state index < -0.39 is 19.8 Å². The molecule has 0 saturated carbocycles. The van der Waals surface area contributed by atoms with Crippen LogP contribution in [0.3, 0.4) is 0 Å². The second-order valence-corrected chi connectivity index (χ2v) is 13.3. The van der Waals surface area contributed by atoms with E-state index in [2.05, 4.69) is 36.4 Å². The molecule has 0 unspecified atom stereocenters. The number of hydrogen-bond donors (Lipinski definition) is 0. The normalized spacial score (nSPS) is 10.0. The number of halogens is 4. The Hall–Kier alpha value is -0.381. The molecule has 3 rings (SSSR count). The SMILES string of the molecule is Clc1cc[c]([Sn+]([c]2ccc(Cl)cc2)[c]2ccc(Cl)cc2)cc1.[Cl-]. The van der Waals surface area contributed by atoms with Crippen molar-refractivity contribution in [3.05, 3.63) is 87.9 Å². The first-order valence-electron chi connectivity index (χ1n) is 6.78. The summed E-state index contributed by atoms with van der Waals surface area (Å²) in [5, 5.41) is 2.29. The first kappa shape index (κ1) is 19.0. The van der Waals surface area contributed by atoms with E-state index >= 15 is 0 Å². The fourth-order valence-corrected chi connectivity index (χ4v) is 9.86. The van der Waals surface area contributed by atoms with Crippen molar-refractivity contribution in [2.75, 3.05) is 0 Å². The molecule has 23 heavy (non-hydrogen) atoms. The quantitative estimate of drug-likeness (QED) is 0.486. The van der Waals surface area contributed by atoms with Crippen LogP contribution >= 0.6 is 34.8 Å². The van der Waals surface area contributed by atoms with Crippen LogP contribution in [0.5, 0.6) is 0 Å². The zero-order valence-corrected chi connectivity index (χ0v) is 17.8. The molecule has 0 aliphatic heterocycles. The monoisotopic (exact) mass is 488 g/mol. The largest absolute Gasteiger partial charge is 1.00 e. The number of rotatable bonds is 3. The average molecular weight is 489 g/mol. The predicted octanol–water partition coefficient (Wildman–Crippen LogP) is 1.17. The summed E-state index contributed by atoms with van der Waals surface area (Å²) in [6.07, 6.45) is 0. The summed E-state index contributed by atoms with van der Waals surface area (Å²) in [7, 11) is 0. The predicted molar refractivity (Wildman–Crippen MR) is 99.0 cm³/mol. The van der Waals surface area contributed by atoms with Crippen LogP contribution in [0.25, 0.3) is 0 Å². The van der Waals surface area contributed by atoms with Gasteiger partial charge in [0.2, 0.25) is 0 Å². The minimum Gasteiger partial charge on any atom is -1.00 e. The third kappa shape index (κ3) is 4.80. The minimum absolute atomic E-state index is 0. The van der Waals surface area contributed by atoms with Gasteiger partial charge in [0.1, 0.15) is 0 Å². The van der Waals surface area contributed by atoms with Gasteiger partial charge < -0.3 is 12.4 Å². The van der Waals surface area contributed by atoms with Crippen LogP contribution in [0.1, 0.15) is 0 Å². The topological polar surface area (TPSA) is 0 Å². The van der Waals surface area contributed by atoms with Crippen LogP contribution in [-0.4, -0.2) is 19.8 Å². The van der Waals surface area contributed by atoms with Gasteiger partial charge in [0, 0.05) is 0 Å². The van der Waals surface area contributed by atoms with E-state index in [9.17, 15) is 0 Å². The third-order valence-electron chi connectivity index (χ3n) is 3.40. The van der Waals surface area contributed by atoms with Gasteiger partial charge in [-0.25, -0.2) is 0 Å². The van der Waals surface area contributed by atoms with Gasteiger partial charge in [-0.3, -0.25) is 0 Å². The molecule has 0 fully saturated rings. The maximum absolute atomic E-state index is 6.04. The van der Waals surface area contributed by atoms with E-state index in [0.29, 0.717) is 0 Å². The Morgan fingerprint density at radius 3 is 0.870 bits per heavy atom. The summed E-state index contributed by atoms with van der Waals surface area (Å²) in [4.78, 5) is 0. The van der Waals surface area contributed by atoms with E-state index in [1.807, 2.05) is 36.4 Å². The molecule has 0 amide bonds. The molecule has 3 aromatic carbocycles. The maximum Gasteiger partial charge on any atom is -1.00 e. The Morgan fingerprint density at radius 2 is 0.652 bits per heavy atom. The maximum atomic E-state index is 6.04. The van der Waals surface area contributed by atoms with Gasteiger partial charge >= 0.3 is 153 Å². The standard InChI is InChI=1S/3C6H4Cl.ClH.Sn/c3*7-6-4-2-1-3-5-6;;/h3*2-5H;1H;/q;;;;+1/p-1. The van der Waals surface area contributed by atoms with Crippen molar-refractivity contribution in [3.63, 3.8) is 0 Å². The Balaban J connectivity index is 0.00000192. The van der Waals surface area contributed by atoms with Gasteiger partial charge in [-0.1, -0.05) is 0 Å². The van der Waals surface area contributed by atoms with Crippen molar-refractivity contribution in [1.29, 1.82) is 0 Å². The van der Waals surface area contributed by atoms with Crippen molar-refractivity contribution in [1.82, 2.24) is 0 Å². The van der Waals surface area contributed by atoms with Gasteiger partial charge in [0.15, 0.2) is 0 Å². The molecule has 0 radical (unpaired) electrons. The molecule has 0 bridgehead atoms. The van der Waals surface area contributed by atoms with Gasteiger partial charge in [-0.2, -0.15) is 0 Å². The number of benzene rings is 3. The second kappa shape index (κ2) is 8.64. The Bertz CT molecular complexity index is 644. The third-order valence-corrected chi connectivity index (χ3v) is 12.0.